The number of nitrogens with one attached hydrogen (secondary N) is 1. The summed E-state index contributed by atoms with van der Waals surface area (Å²) in [7, 11) is 1.62. The first-order chi connectivity index (χ1) is 15.6. The van der Waals surface area contributed by atoms with Crippen molar-refractivity contribution in [3.63, 3.8) is 0 Å². The van der Waals surface area contributed by atoms with Crippen LogP contribution in [0.5, 0.6) is 5.75 Å². The number of aromatic nitrogens is 2. The number of ether oxygens (including phenoxy) is 2. The molecule has 7 heteroatoms. The lowest BCUT2D eigenvalue weighted by molar-refractivity contribution is -0.170. The summed E-state index contributed by atoms with van der Waals surface area (Å²) in [6, 6.07) is 17.8. The van der Waals surface area contributed by atoms with Gasteiger partial charge in [-0.2, -0.15) is 0 Å². The number of anilines is 1. The predicted molar refractivity (Wildman–Crippen MR) is 121 cm³/mol. The van der Waals surface area contributed by atoms with Crippen molar-refractivity contribution in [3.8, 4) is 5.75 Å². The van der Waals surface area contributed by atoms with Crippen LogP contribution in [0.25, 0.3) is 0 Å². The first-order valence-electron chi connectivity index (χ1n) is 11.1. The zero-order valence-electron chi connectivity index (χ0n) is 18.2. The van der Waals surface area contributed by atoms with Crippen LogP contribution >= 0.6 is 0 Å². The van der Waals surface area contributed by atoms with Crippen LogP contribution < -0.4 is 10.1 Å². The number of benzene rings is 2. The van der Waals surface area contributed by atoms with Crippen LogP contribution in [-0.4, -0.2) is 46.7 Å². The van der Waals surface area contributed by atoms with Gasteiger partial charge in [0.1, 0.15) is 17.2 Å². The van der Waals surface area contributed by atoms with E-state index in [0.29, 0.717) is 6.54 Å². The quantitative estimate of drug-likeness (QED) is 0.669. The largest absolute Gasteiger partial charge is 0.497 e. The Kier molecular flexibility index (Phi) is 5.68. The van der Waals surface area contributed by atoms with Crippen molar-refractivity contribution in [2.24, 2.45) is 0 Å². The van der Waals surface area contributed by atoms with Gasteiger partial charge < -0.3 is 19.4 Å². The SMILES string of the molecule is COc1ccc(NC(=O)C2Cn3ccnc3C3(CCN(Cc4ccccc4)CC3)O2)cc1. The van der Waals surface area contributed by atoms with Gasteiger partial charge >= 0.3 is 0 Å². The van der Waals surface area contributed by atoms with Gasteiger partial charge in [-0.25, -0.2) is 4.98 Å². The molecule has 0 bridgehead atoms. The molecule has 5 rings (SSSR count). The third-order valence-corrected chi connectivity index (χ3v) is 6.42. The van der Waals surface area contributed by atoms with Gasteiger partial charge in [0.05, 0.1) is 13.7 Å². The first-order valence-corrected chi connectivity index (χ1v) is 11.1. The molecule has 3 aromatic rings. The van der Waals surface area contributed by atoms with Gasteiger partial charge in [0.25, 0.3) is 5.91 Å². The van der Waals surface area contributed by atoms with E-state index in [0.717, 1.165) is 49.7 Å². The summed E-state index contributed by atoms with van der Waals surface area (Å²) in [5, 5.41) is 2.99. The summed E-state index contributed by atoms with van der Waals surface area (Å²) in [5.41, 5.74) is 1.51. The summed E-state index contributed by atoms with van der Waals surface area (Å²) in [6.07, 6.45) is 4.80. The molecule has 1 spiro atoms. The van der Waals surface area contributed by atoms with Crippen molar-refractivity contribution >= 4 is 11.6 Å². The van der Waals surface area contributed by atoms with Gasteiger partial charge in [0, 0.05) is 37.7 Å². The Morgan fingerprint density at radius 3 is 2.62 bits per heavy atom. The van der Waals surface area contributed by atoms with Crippen LogP contribution in [0.2, 0.25) is 0 Å². The highest BCUT2D eigenvalue weighted by molar-refractivity contribution is 5.94. The maximum absolute atomic E-state index is 13.1. The van der Waals surface area contributed by atoms with E-state index in [1.807, 2.05) is 36.5 Å². The average molecular weight is 433 g/mol. The van der Waals surface area contributed by atoms with Crippen molar-refractivity contribution < 1.29 is 14.3 Å². The molecular formula is C25H28N4O3. The molecule has 1 amide bonds. The molecule has 1 N–H and O–H groups in total. The molecule has 2 aliphatic rings. The minimum atomic E-state index is -0.570. The van der Waals surface area contributed by atoms with Crippen LogP contribution in [0, 0.1) is 0 Å². The summed E-state index contributed by atoms with van der Waals surface area (Å²) in [4.78, 5) is 20.1. The molecule has 1 saturated heterocycles. The third-order valence-electron chi connectivity index (χ3n) is 6.42. The molecule has 2 aromatic carbocycles. The topological polar surface area (TPSA) is 68.6 Å². The molecule has 0 saturated carbocycles. The monoisotopic (exact) mass is 432 g/mol. The van der Waals surface area contributed by atoms with Crippen molar-refractivity contribution in [2.45, 2.75) is 37.6 Å². The highest BCUT2D eigenvalue weighted by Gasteiger charge is 2.47. The number of nitrogens with zero attached hydrogens (tertiary/aromatic N) is 3. The predicted octanol–water partition coefficient (Wildman–Crippen LogP) is 3.42. The number of hydrogen-bond donors (Lipinski definition) is 1. The lowest BCUT2D eigenvalue weighted by atomic mass is 9.88. The van der Waals surface area contributed by atoms with Gasteiger partial charge in [-0.05, 0) is 42.7 Å². The zero-order valence-corrected chi connectivity index (χ0v) is 18.2. The number of carbonyl (C=O) groups is 1. The highest BCUT2D eigenvalue weighted by Crippen LogP contribution is 2.40. The fourth-order valence-electron chi connectivity index (χ4n) is 4.69. The smallest absolute Gasteiger partial charge is 0.255 e. The summed E-state index contributed by atoms with van der Waals surface area (Å²) >= 11 is 0. The van der Waals surface area contributed by atoms with Crippen LogP contribution in [0.4, 0.5) is 5.69 Å². The van der Waals surface area contributed by atoms with Gasteiger partial charge in [-0.3, -0.25) is 9.69 Å². The van der Waals surface area contributed by atoms with Crippen LogP contribution in [0.3, 0.4) is 0 Å². The summed E-state index contributed by atoms with van der Waals surface area (Å²) in [5.74, 6) is 1.55. The maximum Gasteiger partial charge on any atom is 0.255 e. The molecule has 1 atom stereocenters. The minimum absolute atomic E-state index is 0.138. The molecule has 0 radical (unpaired) electrons. The second kappa shape index (κ2) is 8.76. The number of carbonyl (C=O) groups excluding carboxylic acids is 1. The zero-order chi connectivity index (χ0) is 22.0. The molecule has 0 aliphatic carbocycles. The number of rotatable bonds is 5. The number of piperidine rings is 1. The summed E-state index contributed by atoms with van der Waals surface area (Å²) in [6.45, 7) is 3.18. The first kappa shape index (κ1) is 20.7. The van der Waals surface area contributed by atoms with E-state index >= 15 is 0 Å². The van der Waals surface area contributed by atoms with Crippen molar-refractivity contribution in [2.75, 3.05) is 25.5 Å². The van der Waals surface area contributed by atoms with Crippen LogP contribution in [-0.2, 0) is 28.2 Å². The molecule has 3 heterocycles. The molecule has 32 heavy (non-hydrogen) atoms. The number of fused-ring (bicyclic) bond motifs is 2. The van der Waals surface area contributed by atoms with E-state index < -0.39 is 11.7 Å². The van der Waals surface area contributed by atoms with Crippen LogP contribution in [0.1, 0.15) is 24.2 Å². The minimum Gasteiger partial charge on any atom is -0.497 e. The number of likely N-dealkylation sites (tertiary alicyclic amines) is 1. The number of methoxy groups -OCH3 is 1. The second-order valence-corrected chi connectivity index (χ2v) is 8.48. The summed E-state index contributed by atoms with van der Waals surface area (Å²) < 4.78 is 13.8. The Morgan fingerprint density at radius 1 is 1.16 bits per heavy atom. The maximum atomic E-state index is 13.1. The van der Waals surface area contributed by atoms with E-state index in [2.05, 4.69) is 44.0 Å². The highest BCUT2D eigenvalue weighted by atomic mass is 16.5. The van der Waals surface area contributed by atoms with Crippen LogP contribution in [0.15, 0.2) is 67.0 Å². The van der Waals surface area contributed by atoms with Gasteiger partial charge in [-0.1, -0.05) is 30.3 Å². The fraction of sp³-hybridized carbons (Fsp3) is 0.360. The molecule has 1 unspecified atom stereocenters. The van der Waals surface area contributed by atoms with E-state index in [-0.39, 0.29) is 5.91 Å². The second-order valence-electron chi connectivity index (χ2n) is 8.48. The number of hydrogen-bond acceptors (Lipinski definition) is 5. The Hall–Kier alpha value is -3.16. The number of imidazole rings is 1. The Balaban J connectivity index is 1.28. The molecule has 2 aliphatic heterocycles. The van der Waals surface area contributed by atoms with E-state index in [1.54, 1.807) is 13.3 Å². The lowest BCUT2D eigenvalue weighted by Gasteiger charge is -2.45. The molecule has 1 aromatic heterocycles. The van der Waals surface area contributed by atoms with Gasteiger partial charge in [0.15, 0.2) is 6.10 Å². The van der Waals surface area contributed by atoms with E-state index in [9.17, 15) is 4.79 Å². The van der Waals surface area contributed by atoms with Crippen molar-refractivity contribution in [1.82, 2.24) is 14.5 Å². The van der Waals surface area contributed by atoms with Gasteiger partial charge in [0.2, 0.25) is 0 Å². The fourth-order valence-corrected chi connectivity index (χ4v) is 4.69. The van der Waals surface area contributed by atoms with Crippen molar-refractivity contribution in [3.05, 3.63) is 78.4 Å². The normalized spacial score (nSPS) is 20.0. The molecule has 166 valence electrons. The average Bonchev–Trinajstić information content (AvgIpc) is 3.32. The van der Waals surface area contributed by atoms with E-state index in [4.69, 9.17) is 9.47 Å². The molecule has 7 nitrogen and oxygen atoms in total. The standard InChI is InChI=1S/C25H28N4O3/c1-31-21-9-7-20(8-10-21)27-23(30)22-18-29-16-13-26-24(29)25(32-22)11-14-28(15-12-25)17-19-5-3-2-4-6-19/h2-10,13,16,22H,11-12,14-15,17-18H2,1H3,(H,27,30). The van der Waals surface area contributed by atoms with Gasteiger partial charge in [-0.15, -0.1) is 0 Å². The Morgan fingerprint density at radius 2 is 1.91 bits per heavy atom. The number of amides is 1. The third kappa shape index (κ3) is 4.13. The Bertz CT molecular complexity index is 1060. The molecule has 1 fully saturated rings. The molecular weight excluding hydrogens is 404 g/mol. The van der Waals surface area contributed by atoms with Crippen molar-refractivity contribution in [1.29, 1.82) is 0 Å². The van der Waals surface area contributed by atoms with E-state index in [1.165, 1.54) is 5.56 Å². The lowest BCUT2D eigenvalue weighted by Crippen LogP contribution is -2.53. The Labute approximate surface area is 188 Å².